The number of nitrogens with one attached hydrogen (secondary N) is 1. The Morgan fingerprint density at radius 1 is 0.538 bits per heavy atom. The quantitative estimate of drug-likeness (QED) is 0.0243. The molecule has 1 amide bonds. The van der Waals surface area contributed by atoms with E-state index in [1.54, 1.807) is 6.08 Å². The predicted molar refractivity (Wildman–Crippen MR) is 281 cm³/mol. The van der Waals surface area contributed by atoms with Gasteiger partial charge >= 0.3 is 7.82 Å². The predicted octanol–water partition coefficient (Wildman–Crippen LogP) is 15.0. The molecule has 3 atom stereocenters. The van der Waals surface area contributed by atoms with Crippen molar-refractivity contribution in [3.63, 3.8) is 0 Å². The Balaban J connectivity index is 4.29. The maximum Gasteiger partial charge on any atom is 0.472 e. The van der Waals surface area contributed by atoms with E-state index in [1.165, 1.54) is 44.9 Å². The van der Waals surface area contributed by atoms with E-state index in [0.29, 0.717) is 17.4 Å². The van der Waals surface area contributed by atoms with E-state index < -0.39 is 20.0 Å². The van der Waals surface area contributed by atoms with Crippen LogP contribution < -0.4 is 5.32 Å². The van der Waals surface area contributed by atoms with Crippen molar-refractivity contribution in [1.82, 2.24) is 5.32 Å². The Morgan fingerprint density at radius 2 is 0.938 bits per heavy atom. The van der Waals surface area contributed by atoms with Crippen molar-refractivity contribution < 1.29 is 32.9 Å². The van der Waals surface area contributed by atoms with E-state index in [9.17, 15) is 19.4 Å². The number of nitrogens with zero attached hydrogens (tertiary/aromatic N) is 1. The molecule has 0 aliphatic heterocycles. The van der Waals surface area contributed by atoms with E-state index in [2.05, 4.69) is 129 Å². The number of amides is 1. The molecule has 3 unspecified atom stereocenters. The highest BCUT2D eigenvalue weighted by atomic mass is 31.2. The topological polar surface area (TPSA) is 105 Å². The summed E-state index contributed by atoms with van der Waals surface area (Å²) in [5, 5.41) is 13.8. The highest BCUT2D eigenvalue weighted by Gasteiger charge is 2.27. The number of unbranched alkanes of at least 4 members (excludes halogenated alkanes) is 13. The van der Waals surface area contributed by atoms with Crippen LogP contribution in [-0.2, 0) is 18.4 Å². The molecule has 0 rings (SSSR count). The summed E-state index contributed by atoms with van der Waals surface area (Å²) in [7, 11) is 1.52. The fraction of sp³-hybridized carbons (Fsp3) is 0.625. The van der Waals surface area contributed by atoms with E-state index >= 15 is 0 Å². The van der Waals surface area contributed by atoms with Crippen molar-refractivity contribution >= 4 is 13.7 Å². The van der Waals surface area contributed by atoms with Crippen LogP contribution in [0.3, 0.4) is 0 Å². The average Bonchev–Trinajstić information content (AvgIpc) is 3.26. The van der Waals surface area contributed by atoms with E-state index in [0.717, 1.165) is 109 Å². The van der Waals surface area contributed by atoms with Gasteiger partial charge in [0.05, 0.1) is 39.9 Å². The van der Waals surface area contributed by atoms with Crippen LogP contribution in [0.15, 0.2) is 122 Å². The summed E-state index contributed by atoms with van der Waals surface area (Å²) < 4.78 is 23.6. The molecule has 9 heteroatoms. The standard InChI is InChI=1S/C56H95N2O6P/c1-6-8-10-12-14-16-18-20-21-22-23-24-25-26-27-28-29-30-31-32-33-34-35-36-37-38-40-42-44-46-48-50-56(60)57-54(53-64-65(61,62)63-52-51-58(3,4)5)55(59)49-47-45-43-41-39-19-17-15-13-11-9-7-2/h8,10,14,16,20-21,23-24,26-27,29-30,32-33,35-36,39,41,47,49,54-55,59H,6-7,9,11-13,15,17-19,22,25,28,31,34,37-38,40,42-46,48,50-53H2,1-5H3,(H-,57,60,61,62)/p+1/b10-8-,16-14-,21-20-,24-23-,27-26-,30-29-,33-32-,36-35-,41-39+,49-47+. The molecule has 0 heterocycles. The lowest BCUT2D eigenvalue weighted by Crippen LogP contribution is -2.45. The van der Waals surface area contributed by atoms with Gasteiger partial charge in [0.25, 0.3) is 0 Å². The van der Waals surface area contributed by atoms with Gasteiger partial charge in [0.1, 0.15) is 13.2 Å². The molecule has 3 N–H and O–H groups in total. The summed E-state index contributed by atoms with van der Waals surface area (Å²) in [6, 6.07) is -0.879. The normalized spacial score (nSPS) is 15.1. The molecule has 0 fully saturated rings. The highest BCUT2D eigenvalue weighted by Crippen LogP contribution is 2.43. The molecule has 0 saturated heterocycles. The van der Waals surface area contributed by atoms with Crippen molar-refractivity contribution in [2.24, 2.45) is 0 Å². The van der Waals surface area contributed by atoms with Crippen LogP contribution >= 0.6 is 7.82 Å². The van der Waals surface area contributed by atoms with Gasteiger partial charge in [0.2, 0.25) is 5.91 Å². The monoisotopic (exact) mass is 924 g/mol. The van der Waals surface area contributed by atoms with E-state index in [1.807, 2.05) is 27.2 Å². The van der Waals surface area contributed by atoms with E-state index in [-0.39, 0.29) is 19.1 Å². The van der Waals surface area contributed by atoms with Gasteiger partial charge in [0, 0.05) is 6.42 Å². The molecule has 0 saturated carbocycles. The summed E-state index contributed by atoms with van der Waals surface area (Å²) in [5.41, 5.74) is 0. The molecule has 0 spiro atoms. The third-order valence-electron chi connectivity index (χ3n) is 10.4. The Morgan fingerprint density at radius 3 is 1.42 bits per heavy atom. The van der Waals surface area contributed by atoms with Gasteiger partial charge in [-0.1, -0.05) is 193 Å². The van der Waals surface area contributed by atoms with Crippen molar-refractivity contribution in [3.8, 4) is 0 Å². The van der Waals surface area contributed by atoms with Gasteiger partial charge < -0.3 is 19.8 Å². The number of aliphatic hydroxyl groups is 1. The summed E-state index contributed by atoms with van der Waals surface area (Å²) in [4.78, 5) is 23.2. The third kappa shape index (κ3) is 48.6. The van der Waals surface area contributed by atoms with Crippen LogP contribution in [0.25, 0.3) is 0 Å². The molecule has 0 aliphatic carbocycles. The number of aliphatic hydroxyl groups excluding tert-OH is 1. The molecule has 0 radical (unpaired) electrons. The van der Waals surface area contributed by atoms with Crippen LogP contribution in [0.2, 0.25) is 0 Å². The summed E-state index contributed by atoms with van der Waals surface area (Å²) in [6.07, 6.45) is 68.6. The third-order valence-corrected chi connectivity index (χ3v) is 11.4. The number of likely N-dealkylation sites (N-methyl/N-ethyl adjacent to an activating group) is 1. The minimum Gasteiger partial charge on any atom is -0.387 e. The summed E-state index contributed by atoms with van der Waals surface area (Å²) >= 11 is 0. The first-order valence-corrected chi connectivity index (χ1v) is 26.9. The lowest BCUT2D eigenvalue weighted by atomic mass is 10.1. The zero-order valence-corrected chi connectivity index (χ0v) is 42.8. The van der Waals surface area contributed by atoms with Crippen LogP contribution in [0.4, 0.5) is 0 Å². The zero-order chi connectivity index (χ0) is 47.8. The Hall–Kier alpha value is -3.10. The molecule has 0 aromatic carbocycles. The smallest absolute Gasteiger partial charge is 0.387 e. The molecule has 370 valence electrons. The second-order valence-corrected chi connectivity index (χ2v) is 19.3. The molecule has 0 aliphatic rings. The van der Waals surface area contributed by atoms with Crippen molar-refractivity contribution in [2.45, 2.75) is 187 Å². The summed E-state index contributed by atoms with van der Waals surface area (Å²) in [6.45, 7) is 4.62. The molecular weight excluding hydrogens is 828 g/mol. The van der Waals surface area contributed by atoms with Gasteiger partial charge in [-0.15, -0.1) is 0 Å². The number of rotatable bonds is 44. The fourth-order valence-corrected chi connectivity index (χ4v) is 7.16. The number of carbonyl (C=O) groups excluding carboxylic acids is 1. The zero-order valence-electron chi connectivity index (χ0n) is 41.9. The Kier molecular flexibility index (Phi) is 43.8. The SMILES string of the molecule is CC/C=C\C/C=C\C/C=C\C/C=C\C/C=C\C/C=C\C/C=C\C/C=C\CCCCCCCCC(=O)NC(COP(=O)(O)OCC[N+](C)(C)C)C(O)/C=C/CC/C=C/CCCCCCCC. The van der Waals surface area contributed by atoms with Gasteiger partial charge in [0.15, 0.2) is 0 Å². The number of phosphoric acid groups is 1. The summed E-state index contributed by atoms with van der Waals surface area (Å²) in [5.74, 6) is -0.209. The minimum absolute atomic E-state index is 0.0459. The molecular formula is C56H96N2O6P+. The first-order valence-electron chi connectivity index (χ1n) is 25.4. The van der Waals surface area contributed by atoms with Gasteiger partial charge in [-0.2, -0.15) is 0 Å². The molecule has 0 aromatic rings. The van der Waals surface area contributed by atoms with Gasteiger partial charge in [-0.3, -0.25) is 13.8 Å². The van der Waals surface area contributed by atoms with Crippen LogP contribution in [0.5, 0.6) is 0 Å². The second-order valence-electron chi connectivity index (χ2n) is 17.8. The largest absolute Gasteiger partial charge is 0.472 e. The van der Waals surface area contributed by atoms with Crippen LogP contribution in [0, 0.1) is 0 Å². The van der Waals surface area contributed by atoms with Gasteiger partial charge in [-0.05, 0) is 96.3 Å². The van der Waals surface area contributed by atoms with Crippen molar-refractivity contribution in [1.29, 1.82) is 0 Å². The maximum atomic E-state index is 12.9. The number of phosphoric ester groups is 1. The first kappa shape index (κ1) is 61.9. The number of hydrogen-bond acceptors (Lipinski definition) is 5. The van der Waals surface area contributed by atoms with Crippen LogP contribution in [0.1, 0.15) is 174 Å². The average molecular weight is 924 g/mol. The van der Waals surface area contributed by atoms with E-state index in [4.69, 9.17) is 9.05 Å². The molecule has 0 aromatic heterocycles. The highest BCUT2D eigenvalue weighted by molar-refractivity contribution is 7.47. The minimum atomic E-state index is -4.36. The Bertz CT molecular complexity index is 1460. The lowest BCUT2D eigenvalue weighted by Gasteiger charge is -2.25. The number of quaternary nitrogens is 1. The van der Waals surface area contributed by atoms with Crippen LogP contribution in [-0.4, -0.2) is 73.4 Å². The Labute approximate surface area is 399 Å². The van der Waals surface area contributed by atoms with Crippen molar-refractivity contribution in [2.75, 3.05) is 40.9 Å². The molecule has 8 nitrogen and oxygen atoms in total. The molecule has 65 heavy (non-hydrogen) atoms. The van der Waals surface area contributed by atoms with Crippen molar-refractivity contribution in [3.05, 3.63) is 122 Å². The maximum absolute atomic E-state index is 12.9. The lowest BCUT2D eigenvalue weighted by molar-refractivity contribution is -0.870. The number of carbonyl (C=O) groups is 1. The van der Waals surface area contributed by atoms with Gasteiger partial charge in [-0.25, -0.2) is 4.57 Å². The molecule has 0 bridgehead atoms. The number of hydrogen-bond donors (Lipinski definition) is 3. The number of allylic oxidation sites excluding steroid dienone is 19. The second kappa shape index (κ2) is 46.0. The first-order chi connectivity index (χ1) is 31.5. The fourth-order valence-electron chi connectivity index (χ4n) is 6.42.